The van der Waals surface area contributed by atoms with Crippen LogP contribution < -0.4 is 0 Å². The van der Waals surface area contributed by atoms with Gasteiger partial charge >= 0.3 is 0 Å². The summed E-state index contributed by atoms with van der Waals surface area (Å²) in [5.41, 5.74) is 2.33. The van der Waals surface area contributed by atoms with Crippen LogP contribution in [0.3, 0.4) is 0 Å². The minimum Gasteiger partial charge on any atom is -0.508 e. The van der Waals surface area contributed by atoms with Gasteiger partial charge in [-0.15, -0.1) is 0 Å². The lowest BCUT2D eigenvalue weighted by atomic mass is 9.91. The van der Waals surface area contributed by atoms with Crippen molar-refractivity contribution in [3.63, 3.8) is 0 Å². The first-order valence-electron chi connectivity index (χ1n) is 8.85. The van der Waals surface area contributed by atoms with Crippen molar-refractivity contribution in [2.75, 3.05) is 0 Å². The van der Waals surface area contributed by atoms with E-state index in [1.807, 2.05) is 23.0 Å². The van der Waals surface area contributed by atoms with Gasteiger partial charge in [0.1, 0.15) is 5.75 Å². The van der Waals surface area contributed by atoms with Gasteiger partial charge in [0.15, 0.2) is 0 Å². The molecule has 1 aliphatic rings. The van der Waals surface area contributed by atoms with E-state index in [-0.39, 0.29) is 6.10 Å². The van der Waals surface area contributed by atoms with Gasteiger partial charge in [-0.3, -0.25) is 9.58 Å². The van der Waals surface area contributed by atoms with Crippen LogP contribution in [0.5, 0.6) is 5.75 Å². The van der Waals surface area contributed by atoms with Gasteiger partial charge in [-0.2, -0.15) is 5.10 Å². The van der Waals surface area contributed by atoms with Crippen LogP contribution in [0.25, 0.3) is 0 Å². The van der Waals surface area contributed by atoms with E-state index in [4.69, 9.17) is 0 Å². The number of aromatic nitrogens is 2. The van der Waals surface area contributed by atoms with Crippen molar-refractivity contribution in [3.05, 3.63) is 47.8 Å². The molecule has 5 nitrogen and oxygen atoms in total. The zero-order valence-electron chi connectivity index (χ0n) is 14.3. The van der Waals surface area contributed by atoms with Crippen molar-refractivity contribution in [1.29, 1.82) is 0 Å². The van der Waals surface area contributed by atoms with E-state index in [2.05, 4.69) is 29.2 Å². The Labute approximate surface area is 143 Å². The Hall–Kier alpha value is -1.85. The molecule has 1 saturated carbocycles. The zero-order chi connectivity index (χ0) is 16.9. The molecule has 2 N–H and O–H groups in total. The number of nitrogens with zero attached hydrogens (tertiary/aromatic N) is 3. The SMILES string of the molecule is CCn1cc(CN(Cc2cccc(O)c2)C2CCC(O)CC2)cn1. The van der Waals surface area contributed by atoms with Crippen molar-refractivity contribution in [3.8, 4) is 5.75 Å². The average molecular weight is 329 g/mol. The molecule has 1 fully saturated rings. The highest BCUT2D eigenvalue weighted by molar-refractivity contribution is 5.27. The van der Waals surface area contributed by atoms with E-state index in [1.54, 1.807) is 6.07 Å². The van der Waals surface area contributed by atoms with Crippen LogP contribution in [-0.2, 0) is 19.6 Å². The van der Waals surface area contributed by atoms with Crippen LogP contribution in [0.4, 0.5) is 0 Å². The van der Waals surface area contributed by atoms with Crippen LogP contribution in [-0.4, -0.2) is 37.0 Å². The van der Waals surface area contributed by atoms with Crippen molar-refractivity contribution in [2.45, 2.75) is 64.4 Å². The summed E-state index contributed by atoms with van der Waals surface area (Å²) < 4.78 is 1.95. The summed E-state index contributed by atoms with van der Waals surface area (Å²) >= 11 is 0. The number of aryl methyl sites for hydroxylation is 1. The molecule has 2 aromatic rings. The molecule has 1 aromatic heterocycles. The van der Waals surface area contributed by atoms with Crippen molar-refractivity contribution >= 4 is 0 Å². The van der Waals surface area contributed by atoms with Gasteiger partial charge in [-0.25, -0.2) is 0 Å². The average Bonchev–Trinajstić information content (AvgIpc) is 3.03. The van der Waals surface area contributed by atoms with E-state index in [0.717, 1.165) is 50.9 Å². The smallest absolute Gasteiger partial charge is 0.115 e. The van der Waals surface area contributed by atoms with Crippen LogP contribution in [0.1, 0.15) is 43.7 Å². The first kappa shape index (κ1) is 17.0. The largest absolute Gasteiger partial charge is 0.508 e. The highest BCUT2D eigenvalue weighted by Gasteiger charge is 2.25. The standard InChI is InChI=1S/C19H27N3O2/c1-2-22-14-16(11-20-22)13-21(17-6-8-18(23)9-7-17)12-15-4-3-5-19(24)10-15/h3-5,10-11,14,17-18,23-24H,2,6-9,12-13H2,1H3. The predicted molar refractivity (Wildman–Crippen MR) is 93.5 cm³/mol. The Morgan fingerprint density at radius 2 is 1.92 bits per heavy atom. The summed E-state index contributed by atoms with van der Waals surface area (Å²) in [6.45, 7) is 4.61. The molecule has 24 heavy (non-hydrogen) atoms. The molecule has 0 atom stereocenters. The molecule has 0 saturated heterocycles. The molecule has 130 valence electrons. The second kappa shape index (κ2) is 7.81. The molecule has 5 heteroatoms. The van der Waals surface area contributed by atoms with Crippen LogP contribution in [0, 0.1) is 0 Å². The quantitative estimate of drug-likeness (QED) is 0.855. The van der Waals surface area contributed by atoms with Gasteiger partial charge in [0, 0.05) is 37.4 Å². The van der Waals surface area contributed by atoms with Crippen LogP contribution >= 0.6 is 0 Å². The third-order valence-corrected chi connectivity index (χ3v) is 4.88. The summed E-state index contributed by atoms with van der Waals surface area (Å²) in [4.78, 5) is 2.46. The van der Waals surface area contributed by atoms with Gasteiger partial charge in [0.2, 0.25) is 0 Å². The Bertz CT molecular complexity index is 648. The number of phenolic OH excluding ortho intramolecular Hbond substituents is 1. The third kappa shape index (κ3) is 4.36. The number of rotatable bonds is 6. The number of aliphatic hydroxyl groups excluding tert-OH is 1. The Balaban J connectivity index is 1.74. The van der Waals surface area contributed by atoms with Gasteiger partial charge in [-0.05, 0) is 50.3 Å². The molecule has 1 aromatic carbocycles. The highest BCUT2D eigenvalue weighted by atomic mass is 16.3. The van der Waals surface area contributed by atoms with E-state index < -0.39 is 0 Å². The molecular formula is C19H27N3O2. The maximum absolute atomic E-state index is 9.79. The summed E-state index contributed by atoms with van der Waals surface area (Å²) in [6, 6.07) is 7.94. The second-order valence-electron chi connectivity index (χ2n) is 6.74. The Kier molecular flexibility index (Phi) is 5.53. The van der Waals surface area contributed by atoms with E-state index >= 15 is 0 Å². The van der Waals surface area contributed by atoms with Crippen molar-refractivity contribution in [2.24, 2.45) is 0 Å². The number of aromatic hydroxyl groups is 1. The minimum absolute atomic E-state index is 0.147. The molecule has 0 spiro atoms. The zero-order valence-corrected chi connectivity index (χ0v) is 14.3. The summed E-state index contributed by atoms with van der Waals surface area (Å²) in [6.07, 6.45) is 7.67. The molecule has 1 heterocycles. The van der Waals surface area contributed by atoms with Gasteiger partial charge < -0.3 is 10.2 Å². The van der Waals surface area contributed by atoms with Gasteiger partial charge in [-0.1, -0.05) is 12.1 Å². The summed E-state index contributed by atoms with van der Waals surface area (Å²) in [5.74, 6) is 0.310. The number of hydrogen-bond acceptors (Lipinski definition) is 4. The monoisotopic (exact) mass is 329 g/mol. The third-order valence-electron chi connectivity index (χ3n) is 4.88. The lowest BCUT2D eigenvalue weighted by Gasteiger charge is -2.35. The Morgan fingerprint density at radius 3 is 2.58 bits per heavy atom. The summed E-state index contributed by atoms with van der Waals surface area (Å²) in [5, 5.41) is 23.9. The highest BCUT2D eigenvalue weighted by Crippen LogP contribution is 2.26. The molecule has 0 radical (unpaired) electrons. The number of hydrogen-bond donors (Lipinski definition) is 2. The maximum atomic E-state index is 9.79. The molecule has 0 amide bonds. The van der Waals surface area contributed by atoms with Gasteiger partial charge in [0.25, 0.3) is 0 Å². The van der Waals surface area contributed by atoms with Gasteiger partial charge in [0.05, 0.1) is 12.3 Å². The normalized spacial score (nSPS) is 21.3. The molecule has 0 unspecified atom stereocenters. The maximum Gasteiger partial charge on any atom is 0.115 e. The first-order chi connectivity index (χ1) is 11.6. The lowest BCUT2D eigenvalue weighted by molar-refractivity contribution is 0.0665. The van der Waals surface area contributed by atoms with Crippen LogP contribution in [0.15, 0.2) is 36.7 Å². The van der Waals surface area contributed by atoms with E-state index in [0.29, 0.717) is 11.8 Å². The van der Waals surface area contributed by atoms with Crippen LogP contribution in [0.2, 0.25) is 0 Å². The predicted octanol–water partition coefficient (Wildman–Crippen LogP) is 2.91. The van der Waals surface area contributed by atoms with Crippen molar-refractivity contribution in [1.82, 2.24) is 14.7 Å². The number of phenols is 1. The second-order valence-corrected chi connectivity index (χ2v) is 6.74. The molecule has 1 aliphatic carbocycles. The van der Waals surface area contributed by atoms with E-state index in [1.165, 1.54) is 5.56 Å². The molecule has 0 aliphatic heterocycles. The first-order valence-corrected chi connectivity index (χ1v) is 8.85. The fraction of sp³-hybridized carbons (Fsp3) is 0.526. The van der Waals surface area contributed by atoms with E-state index in [9.17, 15) is 10.2 Å². The fourth-order valence-electron chi connectivity index (χ4n) is 3.52. The lowest BCUT2D eigenvalue weighted by Crippen LogP contribution is -2.38. The van der Waals surface area contributed by atoms with Crippen molar-refractivity contribution < 1.29 is 10.2 Å². The number of aliphatic hydroxyl groups is 1. The molecule has 3 rings (SSSR count). The molecular weight excluding hydrogens is 302 g/mol. The Morgan fingerprint density at radius 1 is 1.17 bits per heavy atom. The topological polar surface area (TPSA) is 61.5 Å². The fourth-order valence-corrected chi connectivity index (χ4v) is 3.52. The minimum atomic E-state index is -0.147. The molecule has 0 bridgehead atoms. The number of benzene rings is 1. The summed E-state index contributed by atoms with van der Waals surface area (Å²) in [7, 11) is 0.